The first kappa shape index (κ1) is 10.0. The van der Waals surface area contributed by atoms with Gasteiger partial charge < -0.3 is 10.0 Å². The Labute approximate surface area is 87.8 Å². The van der Waals surface area contributed by atoms with E-state index in [2.05, 4.69) is 9.97 Å². The van der Waals surface area contributed by atoms with Gasteiger partial charge in [-0.1, -0.05) is 0 Å². The predicted molar refractivity (Wildman–Crippen MR) is 54.8 cm³/mol. The molecule has 1 aromatic rings. The summed E-state index contributed by atoms with van der Waals surface area (Å²) in [6.07, 6.45) is 3.45. The SMILES string of the molecule is C[C@@H](O)C1CN(c2ncc(C=O)cn2)C1. The number of aliphatic hydroxyl groups excluding tert-OH is 1. The van der Waals surface area contributed by atoms with Gasteiger partial charge in [0.25, 0.3) is 0 Å². The van der Waals surface area contributed by atoms with E-state index in [9.17, 15) is 9.90 Å². The maximum absolute atomic E-state index is 10.4. The van der Waals surface area contributed by atoms with E-state index in [1.54, 1.807) is 6.92 Å². The second-order valence-corrected chi connectivity index (χ2v) is 3.84. The van der Waals surface area contributed by atoms with Crippen LogP contribution in [0.4, 0.5) is 5.95 Å². The van der Waals surface area contributed by atoms with Gasteiger partial charge in [-0.05, 0) is 6.92 Å². The molecule has 1 aliphatic rings. The summed E-state index contributed by atoms with van der Waals surface area (Å²) < 4.78 is 0. The molecule has 1 aromatic heterocycles. The average Bonchev–Trinajstić information content (AvgIpc) is 2.16. The molecule has 0 saturated carbocycles. The molecule has 2 rings (SSSR count). The molecule has 2 heterocycles. The van der Waals surface area contributed by atoms with E-state index in [0.29, 0.717) is 17.4 Å². The van der Waals surface area contributed by atoms with Crippen LogP contribution in [0.5, 0.6) is 0 Å². The van der Waals surface area contributed by atoms with Crippen molar-refractivity contribution in [2.24, 2.45) is 5.92 Å². The number of hydrogen-bond acceptors (Lipinski definition) is 5. The van der Waals surface area contributed by atoms with Crippen LogP contribution < -0.4 is 4.90 Å². The summed E-state index contributed by atoms with van der Waals surface area (Å²) in [5.74, 6) is 0.928. The average molecular weight is 207 g/mol. The van der Waals surface area contributed by atoms with E-state index < -0.39 is 0 Å². The molecule has 1 atom stereocenters. The highest BCUT2D eigenvalue weighted by molar-refractivity contribution is 5.73. The topological polar surface area (TPSA) is 66.3 Å². The molecule has 0 radical (unpaired) electrons. The monoisotopic (exact) mass is 207 g/mol. The number of aliphatic hydroxyl groups is 1. The van der Waals surface area contributed by atoms with Crippen molar-refractivity contribution in [1.82, 2.24) is 9.97 Å². The molecule has 1 aliphatic heterocycles. The maximum Gasteiger partial charge on any atom is 0.225 e. The molecule has 1 fully saturated rings. The second-order valence-electron chi connectivity index (χ2n) is 3.84. The molecule has 5 nitrogen and oxygen atoms in total. The fraction of sp³-hybridized carbons (Fsp3) is 0.500. The summed E-state index contributed by atoms with van der Waals surface area (Å²) in [4.78, 5) is 20.5. The Hall–Kier alpha value is -1.49. The lowest BCUT2D eigenvalue weighted by Crippen LogP contribution is -2.51. The van der Waals surface area contributed by atoms with Gasteiger partial charge in [0, 0.05) is 31.4 Å². The largest absolute Gasteiger partial charge is 0.393 e. The molecular formula is C10H13N3O2. The first-order chi connectivity index (χ1) is 7.20. The minimum atomic E-state index is -0.282. The Morgan fingerprint density at radius 3 is 2.60 bits per heavy atom. The molecule has 15 heavy (non-hydrogen) atoms. The van der Waals surface area contributed by atoms with Crippen LogP contribution >= 0.6 is 0 Å². The van der Waals surface area contributed by atoms with Crippen molar-refractivity contribution in [1.29, 1.82) is 0 Å². The highest BCUT2D eigenvalue weighted by Crippen LogP contribution is 2.22. The minimum absolute atomic E-state index is 0.282. The Balaban J connectivity index is 1.98. The maximum atomic E-state index is 10.4. The van der Waals surface area contributed by atoms with E-state index >= 15 is 0 Å². The van der Waals surface area contributed by atoms with Crippen molar-refractivity contribution in [3.8, 4) is 0 Å². The highest BCUT2D eigenvalue weighted by atomic mass is 16.3. The summed E-state index contributed by atoms with van der Waals surface area (Å²) in [7, 11) is 0. The zero-order valence-electron chi connectivity index (χ0n) is 8.50. The van der Waals surface area contributed by atoms with Crippen LogP contribution in [-0.2, 0) is 0 Å². The molecule has 0 bridgehead atoms. The number of rotatable bonds is 3. The molecule has 0 spiro atoms. The fourth-order valence-corrected chi connectivity index (χ4v) is 1.54. The van der Waals surface area contributed by atoms with Gasteiger partial charge in [0.05, 0.1) is 11.7 Å². The zero-order chi connectivity index (χ0) is 10.8. The van der Waals surface area contributed by atoms with Crippen molar-refractivity contribution in [3.05, 3.63) is 18.0 Å². The molecule has 0 aliphatic carbocycles. The first-order valence-corrected chi connectivity index (χ1v) is 4.91. The molecule has 0 aromatic carbocycles. The van der Waals surface area contributed by atoms with Gasteiger partial charge >= 0.3 is 0 Å². The standard InChI is InChI=1S/C10H13N3O2/c1-7(15)9-4-13(5-9)10-11-2-8(6-14)3-12-10/h2-3,6-7,9,15H,4-5H2,1H3/t7-/m1/s1. The minimum Gasteiger partial charge on any atom is -0.393 e. The van der Waals surface area contributed by atoms with Gasteiger partial charge in [0.15, 0.2) is 6.29 Å². The summed E-state index contributed by atoms with van der Waals surface area (Å²) in [5.41, 5.74) is 0.478. The summed E-state index contributed by atoms with van der Waals surface area (Å²) in [6, 6.07) is 0. The third-order valence-electron chi connectivity index (χ3n) is 2.67. The lowest BCUT2D eigenvalue weighted by Gasteiger charge is -2.40. The number of nitrogens with zero attached hydrogens (tertiary/aromatic N) is 3. The zero-order valence-corrected chi connectivity index (χ0v) is 8.50. The number of hydrogen-bond donors (Lipinski definition) is 1. The van der Waals surface area contributed by atoms with Crippen LogP contribution in [0.3, 0.4) is 0 Å². The van der Waals surface area contributed by atoms with Gasteiger partial charge in [0.1, 0.15) is 0 Å². The van der Waals surface area contributed by atoms with Crippen LogP contribution in [0.25, 0.3) is 0 Å². The van der Waals surface area contributed by atoms with E-state index in [1.807, 2.05) is 4.90 Å². The third kappa shape index (κ3) is 1.97. The molecule has 0 amide bonds. The number of aldehydes is 1. The Morgan fingerprint density at radius 1 is 1.53 bits per heavy atom. The molecule has 0 unspecified atom stereocenters. The molecule has 1 saturated heterocycles. The molecule has 5 heteroatoms. The van der Waals surface area contributed by atoms with Gasteiger partial charge in [0.2, 0.25) is 5.95 Å². The smallest absolute Gasteiger partial charge is 0.225 e. The van der Waals surface area contributed by atoms with Crippen LogP contribution in [0.2, 0.25) is 0 Å². The number of aromatic nitrogens is 2. The highest BCUT2D eigenvalue weighted by Gasteiger charge is 2.31. The first-order valence-electron chi connectivity index (χ1n) is 4.91. The summed E-state index contributed by atoms with van der Waals surface area (Å²) in [5, 5.41) is 9.31. The number of carbonyl (C=O) groups is 1. The second kappa shape index (κ2) is 3.94. The third-order valence-corrected chi connectivity index (χ3v) is 2.67. The normalized spacial score (nSPS) is 18.4. The summed E-state index contributed by atoms with van der Waals surface area (Å²) >= 11 is 0. The van der Waals surface area contributed by atoms with Gasteiger partial charge in [-0.15, -0.1) is 0 Å². The van der Waals surface area contributed by atoms with Gasteiger partial charge in [-0.2, -0.15) is 0 Å². The van der Waals surface area contributed by atoms with Crippen LogP contribution in [-0.4, -0.2) is 40.6 Å². The molecule has 1 N–H and O–H groups in total. The Morgan fingerprint density at radius 2 is 2.13 bits per heavy atom. The Kier molecular flexibility index (Phi) is 2.64. The number of carbonyl (C=O) groups excluding carboxylic acids is 1. The van der Waals surface area contributed by atoms with E-state index in [0.717, 1.165) is 19.4 Å². The Bertz CT molecular complexity index is 344. The quantitative estimate of drug-likeness (QED) is 0.712. The van der Waals surface area contributed by atoms with Crippen molar-refractivity contribution >= 4 is 12.2 Å². The van der Waals surface area contributed by atoms with Crippen LogP contribution in [0.15, 0.2) is 12.4 Å². The van der Waals surface area contributed by atoms with Gasteiger partial charge in [-0.3, -0.25) is 4.79 Å². The predicted octanol–water partition coefficient (Wildman–Crippen LogP) is 0.106. The summed E-state index contributed by atoms with van der Waals surface area (Å²) in [6.45, 7) is 3.34. The number of anilines is 1. The van der Waals surface area contributed by atoms with Crippen molar-refractivity contribution in [2.75, 3.05) is 18.0 Å². The van der Waals surface area contributed by atoms with E-state index in [4.69, 9.17) is 0 Å². The van der Waals surface area contributed by atoms with Crippen molar-refractivity contribution in [3.63, 3.8) is 0 Å². The van der Waals surface area contributed by atoms with Gasteiger partial charge in [-0.25, -0.2) is 9.97 Å². The fourth-order valence-electron chi connectivity index (χ4n) is 1.54. The van der Waals surface area contributed by atoms with Crippen molar-refractivity contribution in [2.45, 2.75) is 13.0 Å². The van der Waals surface area contributed by atoms with E-state index in [1.165, 1.54) is 12.4 Å². The van der Waals surface area contributed by atoms with Crippen LogP contribution in [0.1, 0.15) is 17.3 Å². The molecule has 80 valence electrons. The lowest BCUT2D eigenvalue weighted by molar-refractivity contribution is 0.107. The lowest BCUT2D eigenvalue weighted by atomic mass is 9.95. The molecular weight excluding hydrogens is 194 g/mol. The van der Waals surface area contributed by atoms with E-state index in [-0.39, 0.29) is 6.10 Å². The van der Waals surface area contributed by atoms with Crippen LogP contribution in [0, 0.1) is 5.92 Å². The van der Waals surface area contributed by atoms with Crippen molar-refractivity contribution < 1.29 is 9.90 Å².